The molecule has 2 aromatic heterocycles. The van der Waals surface area contributed by atoms with Crippen LogP contribution in [0, 0.1) is 0 Å². The van der Waals surface area contributed by atoms with E-state index >= 15 is 0 Å². The number of benzene rings is 2. The van der Waals surface area contributed by atoms with Gasteiger partial charge in [0.25, 0.3) is 0 Å². The molecule has 0 unspecified atom stereocenters. The number of tetrazole rings is 1. The molecule has 0 aliphatic carbocycles. The zero-order chi connectivity index (χ0) is 19.3. The fourth-order valence-corrected chi connectivity index (χ4v) is 3.30. The Balaban J connectivity index is 1.59. The number of aromatic amines is 1. The normalized spacial score (nSPS) is 10.9. The van der Waals surface area contributed by atoms with Crippen molar-refractivity contribution in [3.8, 4) is 22.5 Å². The Morgan fingerprint density at radius 1 is 1.07 bits per heavy atom. The number of thiol groups is 1. The zero-order valence-electron chi connectivity index (χ0n) is 15.2. The minimum Gasteiger partial charge on any atom is -0.244 e. The molecule has 4 aromatic rings. The van der Waals surface area contributed by atoms with Crippen LogP contribution >= 0.6 is 12.6 Å². The van der Waals surface area contributed by atoms with Crippen LogP contribution in [0.1, 0.15) is 17.8 Å². The summed E-state index contributed by atoms with van der Waals surface area (Å²) in [5.41, 5.74) is 4.26. The molecule has 0 bridgehead atoms. The first-order chi connectivity index (χ1) is 13.7. The molecule has 0 fully saturated rings. The lowest BCUT2D eigenvalue weighted by Crippen LogP contribution is -2.07. The molecule has 8 heteroatoms. The van der Waals surface area contributed by atoms with Gasteiger partial charge < -0.3 is 0 Å². The molecular weight excluding hydrogens is 370 g/mol. The number of hydrogen-bond acceptors (Lipinski definition) is 6. The highest BCUT2D eigenvalue weighted by molar-refractivity contribution is 7.80. The summed E-state index contributed by atoms with van der Waals surface area (Å²) in [4.78, 5) is 4.40. The first-order valence-corrected chi connectivity index (χ1v) is 9.35. The Morgan fingerprint density at radius 3 is 2.57 bits per heavy atom. The molecule has 0 atom stereocenters. The summed E-state index contributed by atoms with van der Waals surface area (Å²) >= 11 is 4.28. The molecule has 0 aliphatic heterocycles. The number of hydrogen-bond donors (Lipinski definition) is 2. The van der Waals surface area contributed by atoms with Crippen LogP contribution in [-0.4, -0.2) is 35.4 Å². The van der Waals surface area contributed by atoms with E-state index in [1.165, 1.54) is 0 Å². The summed E-state index contributed by atoms with van der Waals surface area (Å²) in [5.74, 6) is 1.56. The van der Waals surface area contributed by atoms with Crippen molar-refractivity contribution in [2.24, 2.45) is 0 Å². The Kier molecular flexibility index (Phi) is 5.29. The molecule has 0 spiro atoms. The molecule has 2 aromatic carbocycles. The predicted octanol–water partition coefficient (Wildman–Crippen LogP) is 3.58. The number of rotatable bonds is 7. The molecule has 4 rings (SSSR count). The van der Waals surface area contributed by atoms with Gasteiger partial charge in [-0.25, -0.2) is 14.8 Å². The van der Waals surface area contributed by atoms with E-state index < -0.39 is 0 Å². The Morgan fingerprint density at radius 2 is 1.86 bits per heavy atom. The monoisotopic (exact) mass is 389 g/mol. The van der Waals surface area contributed by atoms with Gasteiger partial charge in [0.2, 0.25) is 5.16 Å². The van der Waals surface area contributed by atoms with E-state index in [9.17, 15) is 0 Å². The summed E-state index contributed by atoms with van der Waals surface area (Å²) in [6.45, 7) is 4.42. The van der Waals surface area contributed by atoms with Crippen LogP contribution in [0.5, 0.6) is 0 Å². The van der Waals surface area contributed by atoms with Crippen LogP contribution in [0.15, 0.2) is 66.3 Å². The van der Waals surface area contributed by atoms with Gasteiger partial charge in [0.05, 0.1) is 6.54 Å². The van der Waals surface area contributed by atoms with Crippen molar-refractivity contribution in [3.05, 3.63) is 72.6 Å². The van der Waals surface area contributed by atoms with Gasteiger partial charge in [-0.15, -0.1) is 29.4 Å². The van der Waals surface area contributed by atoms with Gasteiger partial charge in [-0.1, -0.05) is 54.6 Å². The van der Waals surface area contributed by atoms with E-state index in [0.29, 0.717) is 17.5 Å². The minimum absolute atomic E-state index is 0.491. The fourth-order valence-electron chi connectivity index (χ4n) is 3.08. The van der Waals surface area contributed by atoms with E-state index in [4.69, 9.17) is 0 Å². The number of aromatic nitrogens is 7. The highest BCUT2D eigenvalue weighted by Gasteiger charge is 2.11. The predicted molar refractivity (Wildman–Crippen MR) is 110 cm³/mol. The molecule has 7 nitrogen and oxygen atoms in total. The average molecular weight is 389 g/mol. The maximum absolute atomic E-state index is 4.40. The van der Waals surface area contributed by atoms with E-state index in [1.807, 2.05) is 29.0 Å². The van der Waals surface area contributed by atoms with Gasteiger partial charge in [-0.2, -0.15) is 0 Å². The lowest BCUT2D eigenvalue weighted by Gasteiger charge is -2.09. The summed E-state index contributed by atoms with van der Waals surface area (Å²) in [7, 11) is 0. The highest BCUT2D eigenvalue weighted by atomic mass is 32.1. The summed E-state index contributed by atoms with van der Waals surface area (Å²) in [5, 5.41) is 19.1. The molecule has 0 saturated heterocycles. The average Bonchev–Trinajstić information content (AvgIpc) is 3.37. The topological polar surface area (TPSA) is 85.2 Å². The van der Waals surface area contributed by atoms with Crippen LogP contribution in [0.25, 0.3) is 22.5 Å². The van der Waals surface area contributed by atoms with Gasteiger partial charge in [0.15, 0.2) is 5.82 Å². The molecule has 28 heavy (non-hydrogen) atoms. The van der Waals surface area contributed by atoms with Crippen molar-refractivity contribution >= 4 is 12.6 Å². The molecule has 2 heterocycles. The van der Waals surface area contributed by atoms with Crippen molar-refractivity contribution in [1.82, 2.24) is 35.4 Å². The Hall–Kier alpha value is -3.26. The van der Waals surface area contributed by atoms with Gasteiger partial charge in [-0.3, -0.25) is 0 Å². The maximum atomic E-state index is 4.40. The lowest BCUT2D eigenvalue weighted by atomic mass is 9.98. The van der Waals surface area contributed by atoms with Crippen molar-refractivity contribution in [3.63, 3.8) is 0 Å². The van der Waals surface area contributed by atoms with Crippen molar-refractivity contribution in [1.29, 1.82) is 0 Å². The Bertz CT molecular complexity index is 1070. The van der Waals surface area contributed by atoms with Gasteiger partial charge >= 0.3 is 0 Å². The third-order valence-electron chi connectivity index (χ3n) is 4.43. The minimum atomic E-state index is 0.491. The molecule has 1 N–H and O–H groups in total. The Labute approximate surface area is 167 Å². The van der Waals surface area contributed by atoms with E-state index in [1.54, 1.807) is 0 Å². The van der Waals surface area contributed by atoms with Crippen molar-refractivity contribution in [2.45, 2.75) is 24.5 Å². The SMILES string of the molecule is C=CCCc1nc(S)nn1Cc1ccc(-c2ccccc2-c2nnn[nH]2)cc1. The first-order valence-electron chi connectivity index (χ1n) is 8.90. The van der Waals surface area contributed by atoms with Gasteiger partial charge in [0, 0.05) is 12.0 Å². The number of H-pyrrole nitrogens is 1. The van der Waals surface area contributed by atoms with Crippen LogP contribution in [0.2, 0.25) is 0 Å². The van der Waals surface area contributed by atoms with E-state index in [0.717, 1.165) is 40.9 Å². The molecule has 140 valence electrons. The second-order valence-corrected chi connectivity index (χ2v) is 6.71. The van der Waals surface area contributed by atoms with Gasteiger partial charge in [0.1, 0.15) is 5.82 Å². The largest absolute Gasteiger partial charge is 0.244 e. The zero-order valence-corrected chi connectivity index (χ0v) is 16.0. The second-order valence-electron chi connectivity index (χ2n) is 6.31. The molecule has 0 amide bonds. The van der Waals surface area contributed by atoms with E-state index in [-0.39, 0.29) is 0 Å². The van der Waals surface area contributed by atoms with Crippen molar-refractivity contribution in [2.75, 3.05) is 0 Å². The maximum Gasteiger partial charge on any atom is 0.205 e. The third-order valence-corrected chi connectivity index (χ3v) is 4.62. The van der Waals surface area contributed by atoms with E-state index in [2.05, 4.69) is 80.2 Å². The first kappa shape index (κ1) is 18.1. The third kappa shape index (κ3) is 3.86. The fraction of sp³-hybridized carbons (Fsp3) is 0.150. The smallest absolute Gasteiger partial charge is 0.205 e. The van der Waals surface area contributed by atoms with Crippen LogP contribution in [-0.2, 0) is 13.0 Å². The highest BCUT2D eigenvalue weighted by Crippen LogP contribution is 2.29. The quantitative estimate of drug-likeness (QED) is 0.373. The van der Waals surface area contributed by atoms with Crippen LogP contribution in [0.3, 0.4) is 0 Å². The summed E-state index contributed by atoms with van der Waals surface area (Å²) in [6, 6.07) is 16.4. The summed E-state index contributed by atoms with van der Waals surface area (Å²) in [6.07, 6.45) is 3.54. The molecule has 0 saturated carbocycles. The standard InChI is InChI=1S/C20H19N7S/c1-2-3-8-18-21-20(28)24-27(18)13-14-9-11-15(12-10-14)16-6-4-5-7-17(16)19-22-25-26-23-19/h2,4-7,9-12H,1,3,8,13H2,(H,24,28)(H,22,23,25,26). The van der Waals surface area contributed by atoms with Gasteiger partial charge in [-0.05, 0) is 33.5 Å². The second kappa shape index (κ2) is 8.18. The van der Waals surface area contributed by atoms with Crippen LogP contribution < -0.4 is 0 Å². The number of nitrogens with one attached hydrogen (secondary N) is 1. The van der Waals surface area contributed by atoms with Crippen molar-refractivity contribution < 1.29 is 0 Å². The molecule has 0 aliphatic rings. The van der Waals surface area contributed by atoms with Crippen LogP contribution in [0.4, 0.5) is 0 Å². The molecule has 0 radical (unpaired) electrons. The number of nitrogens with zero attached hydrogens (tertiary/aromatic N) is 6. The lowest BCUT2D eigenvalue weighted by molar-refractivity contribution is 0.626. The summed E-state index contributed by atoms with van der Waals surface area (Å²) < 4.78 is 1.90. The number of allylic oxidation sites excluding steroid dienone is 1. The molecular formula is C20H19N7S. The number of aryl methyl sites for hydroxylation is 1.